The van der Waals surface area contributed by atoms with Gasteiger partial charge in [-0.25, -0.2) is 4.79 Å². The summed E-state index contributed by atoms with van der Waals surface area (Å²) in [6, 6.07) is 35.3. The van der Waals surface area contributed by atoms with Gasteiger partial charge < -0.3 is 24.6 Å². The zero-order valence-corrected chi connectivity index (χ0v) is 35.7. The summed E-state index contributed by atoms with van der Waals surface area (Å²) in [5.41, 5.74) is 9.92. The van der Waals surface area contributed by atoms with Gasteiger partial charge in [0.25, 0.3) is 0 Å². The van der Waals surface area contributed by atoms with Crippen molar-refractivity contribution in [1.29, 1.82) is 0 Å². The van der Waals surface area contributed by atoms with Crippen LogP contribution < -0.4 is 19.5 Å². The minimum absolute atomic E-state index is 0.0976. The third kappa shape index (κ3) is 9.39. The van der Waals surface area contributed by atoms with Crippen LogP contribution in [-0.2, 0) is 35.6 Å². The number of nitrogens with one attached hydrogen (secondary N) is 1. The van der Waals surface area contributed by atoms with Crippen molar-refractivity contribution in [2.45, 2.75) is 77.4 Å². The normalized spacial score (nSPS) is 16.9. The molecular weight excluding hydrogens is 809 g/mol. The molecule has 1 amide bonds. The fraction of sp³-hybridized carbons (Fsp3) is 0.260. The van der Waals surface area contributed by atoms with Gasteiger partial charge >= 0.3 is 5.97 Å². The maximum absolute atomic E-state index is 14.4. The van der Waals surface area contributed by atoms with E-state index >= 15 is 0 Å². The third-order valence-corrected chi connectivity index (χ3v) is 12.5. The Morgan fingerprint density at radius 2 is 1.62 bits per heavy atom. The molecule has 1 aromatic heterocycles. The predicted octanol–water partition coefficient (Wildman–Crippen LogP) is 10.5. The predicted molar refractivity (Wildman–Crippen MR) is 237 cm³/mol. The van der Waals surface area contributed by atoms with Crippen LogP contribution in [0.1, 0.15) is 70.1 Å². The Hall–Kier alpha value is -5.87. The van der Waals surface area contributed by atoms with E-state index in [4.69, 9.17) is 37.4 Å². The van der Waals surface area contributed by atoms with E-state index in [-0.39, 0.29) is 24.5 Å². The fourth-order valence-corrected chi connectivity index (χ4v) is 8.62. The van der Waals surface area contributed by atoms with Gasteiger partial charge in [0, 0.05) is 30.9 Å². The summed E-state index contributed by atoms with van der Waals surface area (Å²) in [6.07, 6.45) is 2.72. The van der Waals surface area contributed by atoms with Crippen LogP contribution in [0.4, 0.5) is 0 Å². The van der Waals surface area contributed by atoms with E-state index in [0.717, 1.165) is 62.2 Å². The molecule has 5 aromatic carbocycles. The van der Waals surface area contributed by atoms with Gasteiger partial charge in [-0.05, 0) is 119 Å². The van der Waals surface area contributed by atoms with Crippen molar-refractivity contribution in [1.82, 2.24) is 15.2 Å². The summed E-state index contributed by atoms with van der Waals surface area (Å²) in [4.78, 5) is 33.7. The van der Waals surface area contributed by atoms with Crippen LogP contribution in [0, 0.1) is 13.8 Å². The number of fused-ring (bicyclic) bond motifs is 2. The average Bonchev–Trinajstić information content (AvgIpc) is 3.27. The maximum atomic E-state index is 14.4. The van der Waals surface area contributed by atoms with Gasteiger partial charge in [-0.2, -0.15) is 0 Å². The molecule has 8 rings (SSSR count). The number of hydrogen-bond acceptors (Lipinski definition) is 7. The minimum atomic E-state index is -1.12. The first kappa shape index (κ1) is 41.8. The lowest BCUT2D eigenvalue weighted by Gasteiger charge is -2.42. The number of aromatic nitrogens is 1. The smallest absolute Gasteiger partial charge is 0.326 e. The molecule has 0 aliphatic carbocycles. The molecule has 61 heavy (non-hydrogen) atoms. The Balaban J connectivity index is 0.993. The lowest BCUT2D eigenvalue weighted by molar-refractivity contribution is -0.143. The second kappa shape index (κ2) is 18.4. The SMILES string of the molecule is CC[C@@H](c1ccccc1)N1Cc2cc3c(cc2C[C@H]1C(=O)N[C@@H](Cc1ccc(-c2ccnc(C)c2C)cc1)C(=O)O)OC[C@H](c1ccc(OCc2ccc(Cl)c(Cl)c2)cc1)O3. The van der Waals surface area contributed by atoms with Gasteiger partial charge in [0.2, 0.25) is 5.91 Å². The maximum Gasteiger partial charge on any atom is 0.326 e. The van der Waals surface area contributed by atoms with Crippen LogP contribution in [0.3, 0.4) is 0 Å². The van der Waals surface area contributed by atoms with Gasteiger partial charge in [-0.1, -0.05) is 103 Å². The molecule has 2 N–H and O–H groups in total. The number of carbonyl (C=O) groups is 2. The standard InChI is InChI=1S/C50H47Cl2N3O6/c1-4-44(35-8-6-5-7-9-35)55-27-38-26-47-46(60-29-48(61-47)36-15-17-39(18-16-36)59-28-33-12-19-41(51)42(52)22-33)25-37(38)24-45(55)49(56)54-43(50(57)58)23-32-10-13-34(14-11-32)40-20-21-53-31(3)30(40)2/h5-22,25-26,43-45,48H,4,23-24,27-29H2,1-3H3,(H,54,56)(H,57,58)/t43-,44-,45-,48+/m0/s1. The number of carboxylic acids is 1. The van der Waals surface area contributed by atoms with Crippen molar-refractivity contribution in [2.75, 3.05) is 6.61 Å². The zero-order valence-electron chi connectivity index (χ0n) is 34.2. The highest BCUT2D eigenvalue weighted by Crippen LogP contribution is 2.43. The van der Waals surface area contributed by atoms with Gasteiger partial charge in [-0.15, -0.1) is 0 Å². The number of pyridine rings is 1. The molecule has 4 atom stereocenters. The first-order valence-corrected chi connectivity index (χ1v) is 21.3. The molecule has 0 saturated carbocycles. The molecule has 0 radical (unpaired) electrons. The quantitative estimate of drug-likeness (QED) is 0.118. The van der Waals surface area contributed by atoms with E-state index in [1.807, 2.05) is 105 Å². The molecule has 9 nitrogen and oxygen atoms in total. The van der Waals surface area contributed by atoms with E-state index < -0.39 is 18.1 Å². The number of carbonyl (C=O) groups excluding carboxylic acids is 1. The van der Waals surface area contributed by atoms with Crippen LogP contribution in [0.2, 0.25) is 10.0 Å². The molecule has 0 spiro atoms. The van der Waals surface area contributed by atoms with Crippen molar-refractivity contribution >= 4 is 35.1 Å². The summed E-state index contributed by atoms with van der Waals surface area (Å²) >= 11 is 12.2. The highest BCUT2D eigenvalue weighted by molar-refractivity contribution is 6.42. The lowest BCUT2D eigenvalue weighted by Crippen LogP contribution is -2.55. The Labute approximate surface area is 366 Å². The molecule has 3 heterocycles. The first-order chi connectivity index (χ1) is 29.5. The van der Waals surface area contributed by atoms with E-state index in [1.165, 1.54) is 0 Å². The van der Waals surface area contributed by atoms with Crippen LogP contribution in [0.5, 0.6) is 17.2 Å². The Morgan fingerprint density at radius 1 is 0.885 bits per heavy atom. The molecule has 0 unspecified atom stereocenters. The van der Waals surface area contributed by atoms with E-state index in [0.29, 0.717) is 53.5 Å². The molecule has 0 fully saturated rings. The zero-order chi connectivity index (χ0) is 42.6. The second-order valence-corrected chi connectivity index (χ2v) is 16.5. The number of amides is 1. The van der Waals surface area contributed by atoms with E-state index in [2.05, 4.69) is 34.3 Å². The van der Waals surface area contributed by atoms with Crippen LogP contribution in [0.15, 0.2) is 121 Å². The summed E-state index contributed by atoms with van der Waals surface area (Å²) in [6.45, 7) is 7.25. The molecule has 0 bridgehead atoms. The van der Waals surface area contributed by atoms with Gasteiger partial charge in [0.05, 0.1) is 16.1 Å². The number of ether oxygens (including phenoxy) is 3. The number of rotatable bonds is 13. The minimum Gasteiger partial charge on any atom is -0.489 e. The third-order valence-electron chi connectivity index (χ3n) is 11.8. The van der Waals surface area contributed by atoms with Crippen molar-refractivity contribution in [3.05, 3.63) is 176 Å². The number of halogens is 2. The Bertz CT molecular complexity index is 2530. The van der Waals surface area contributed by atoms with Gasteiger partial charge in [-0.3, -0.25) is 14.7 Å². The van der Waals surface area contributed by atoms with Crippen molar-refractivity contribution in [3.63, 3.8) is 0 Å². The molecule has 6 aromatic rings. The molecule has 312 valence electrons. The van der Waals surface area contributed by atoms with Crippen molar-refractivity contribution < 1.29 is 28.9 Å². The second-order valence-electron chi connectivity index (χ2n) is 15.7. The number of hydrogen-bond donors (Lipinski definition) is 2. The largest absolute Gasteiger partial charge is 0.489 e. The Kier molecular flexibility index (Phi) is 12.6. The number of benzene rings is 5. The molecule has 2 aliphatic heterocycles. The number of aryl methyl sites for hydroxylation is 1. The lowest BCUT2D eigenvalue weighted by atomic mass is 9.89. The van der Waals surface area contributed by atoms with Gasteiger partial charge in [0.15, 0.2) is 17.6 Å². The summed E-state index contributed by atoms with van der Waals surface area (Å²) < 4.78 is 18.9. The van der Waals surface area contributed by atoms with Gasteiger partial charge in [0.1, 0.15) is 25.0 Å². The van der Waals surface area contributed by atoms with E-state index in [9.17, 15) is 14.7 Å². The molecule has 11 heteroatoms. The fourth-order valence-electron chi connectivity index (χ4n) is 8.30. The van der Waals surface area contributed by atoms with E-state index in [1.54, 1.807) is 18.3 Å². The highest BCUT2D eigenvalue weighted by Gasteiger charge is 2.39. The number of nitrogens with zero attached hydrogens (tertiary/aromatic N) is 2. The average molecular weight is 857 g/mol. The summed E-state index contributed by atoms with van der Waals surface area (Å²) in [5, 5.41) is 14.3. The monoisotopic (exact) mass is 855 g/mol. The number of carboxylic acid groups (broad SMARTS) is 1. The molecule has 0 saturated heterocycles. The highest BCUT2D eigenvalue weighted by atomic mass is 35.5. The van der Waals surface area contributed by atoms with Crippen LogP contribution in [0.25, 0.3) is 11.1 Å². The number of aliphatic carboxylic acids is 1. The molecule has 2 aliphatic rings. The van der Waals surface area contributed by atoms with Crippen LogP contribution >= 0.6 is 23.2 Å². The summed E-state index contributed by atoms with van der Waals surface area (Å²) in [7, 11) is 0. The topological polar surface area (TPSA) is 110 Å². The first-order valence-electron chi connectivity index (χ1n) is 20.5. The van der Waals surface area contributed by atoms with Crippen molar-refractivity contribution in [3.8, 4) is 28.4 Å². The molecular formula is C50H47Cl2N3O6. The van der Waals surface area contributed by atoms with Crippen LogP contribution in [-0.4, -0.2) is 45.6 Å². The summed E-state index contributed by atoms with van der Waals surface area (Å²) in [5.74, 6) is 0.542. The Morgan fingerprint density at radius 3 is 2.34 bits per heavy atom. The van der Waals surface area contributed by atoms with Crippen molar-refractivity contribution in [2.24, 2.45) is 0 Å².